The number of nitrogens with zero attached hydrogens (tertiary/aromatic N) is 4. The molecule has 0 bridgehead atoms. The van der Waals surface area contributed by atoms with Crippen LogP contribution in [0.15, 0.2) is 66.9 Å². The molecule has 1 aliphatic heterocycles. The fraction of sp³-hybridized carbons (Fsp3) is 0.276. The SMILES string of the molecule is Cc1ccc(OCc2ccc(C3CCN(S)CC3)cc2)c(-c2cccc(-n3ncc(C(=O)O)c3C(F)(F)F)n2)c1. The molecule has 2 aromatic heterocycles. The van der Waals surface area contributed by atoms with Crippen LogP contribution < -0.4 is 4.74 Å². The van der Waals surface area contributed by atoms with Gasteiger partial charge < -0.3 is 9.84 Å². The Morgan fingerprint density at radius 2 is 1.82 bits per heavy atom. The van der Waals surface area contributed by atoms with Crippen molar-refractivity contribution >= 4 is 18.8 Å². The zero-order valence-electron chi connectivity index (χ0n) is 21.6. The number of ether oxygens (including phenoxy) is 1. The van der Waals surface area contributed by atoms with Crippen molar-refractivity contribution in [3.8, 4) is 22.8 Å². The molecule has 0 radical (unpaired) electrons. The van der Waals surface area contributed by atoms with Crippen molar-refractivity contribution in [2.75, 3.05) is 13.1 Å². The number of carboxylic acids is 1. The molecule has 4 aromatic rings. The van der Waals surface area contributed by atoms with E-state index in [9.17, 15) is 23.1 Å². The number of aromatic nitrogens is 3. The number of thiol groups is 1. The van der Waals surface area contributed by atoms with Crippen LogP contribution in [-0.4, -0.2) is 43.2 Å². The van der Waals surface area contributed by atoms with Crippen LogP contribution in [0.4, 0.5) is 13.2 Å². The number of pyridine rings is 1. The molecule has 1 N–H and O–H groups in total. The molecule has 3 heterocycles. The molecule has 1 fully saturated rings. The van der Waals surface area contributed by atoms with Gasteiger partial charge in [-0.1, -0.05) is 54.8 Å². The van der Waals surface area contributed by atoms with Crippen LogP contribution in [0.25, 0.3) is 17.1 Å². The first-order chi connectivity index (χ1) is 19.1. The first-order valence-electron chi connectivity index (χ1n) is 12.7. The minimum atomic E-state index is -4.95. The molecule has 11 heteroatoms. The largest absolute Gasteiger partial charge is 0.488 e. The number of rotatable bonds is 7. The number of hydrogen-bond acceptors (Lipinski definition) is 6. The van der Waals surface area contributed by atoms with Crippen LogP contribution in [0, 0.1) is 6.92 Å². The van der Waals surface area contributed by atoms with Crippen molar-refractivity contribution in [3.05, 3.63) is 94.8 Å². The quantitative estimate of drug-likeness (QED) is 0.246. The van der Waals surface area contributed by atoms with Crippen LogP contribution >= 0.6 is 12.8 Å². The molecule has 0 aliphatic carbocycles. The van der Waals surface area contributed by atoms with Crippen molar-refractivity contribution in [1.29, 1.82) is 0 Å². The zero-order valence-corrected chi connectivity index (χ0v) is 22.5. The molecule has 0 amide bonds. The summed E-state index contributed by atoms with van der Waals surface area (Å²) < 4.78 is 50.0. The van der Waals surface area contributed by atoms with Crippen LogP contribution in [0.1, 0.15) is 51.5 Å². The van der Waals surface area contributed by atoms with Crippen LogP contribution in [-0.2, 0) is 12.8 Å². The lowest BCUT2D eigenvalue weighted by atomic mass is 9.90. The van der Waals surface area contributed by atoms with Crippen molar-refractivity contribution in [2.45, 2.75) is 38.5 Å². The normalized spacial score (nSPS) is 14.8. The maximum absolute atomic E-state index is 13.8. The van der Waals surface area contributed by atoms with Gasteiger partial charge in [0.25, 0.3) is 0 Å². The van der Waals surface area contributed by atoms with Gasteiger partial charge in [-0.05, 0) is 61.1 Å². The summed E-state index contributed by atoms with van der Waals surface area (Å²) in [5.74, 6) is -0.854. The summed E-state index contributed by atoms with van der Waals surface area (Å²) in [5.41, 5.74) is 1.80. The van der Waals surface area contributed by atoms with E-state index in [1.165, 1.54) is 11.6 Å². The second-order valence-corrected chi connectivity index (χ2v) is 10.3. The fourth-order valence-electron chi connectivity index (χ4n) is 4.86. The number of carbonyl (C=O) groups is 1. The Morgan fingerprint density at radius 3 is 2.50 bits per heavy atom. The van der Waals surface area contributed by atoms with E-state index < -0.39 is 23.4 Å². The van der Waals surface area contributed by atoms with Crippen molar-refractivity contribution in [1.82, 2.24) is 19.1 Å². The second-order valence-electron chi connectivity index (χ2n) is 9.76. The average molecular weight is 569 g/mol. The van der Waals surface area contributed by atoms with Gasteiger partial charge in [0.2, 0.25) is 0 Å². The number of piperidine rings is 1. The van der Waals surface area contributed by atoms with Crippen molar-refractivity contribution in [3.63, 3.8) is 0 Å². The predicted octanol–water partition coefficient (Wildman–Crippen LogP) is 6.56. The second kappa shape index (κ2) is 11.3. The summed E-state index contributed by atoms with van der Waals surface area (Å²) in [6, 6.07) is 18.4. The van der Waals surface area contributed by atoms with Gasteiger partial charge in [0.1, 0.15) is 17.9 Å². The standard InChI is InChI=1S/C29H27F3N4O3S/c1-18-5-10-25(39-17-19-6-8-20(9-7-19)21-11-13-35(40)14-12-21)22(15-18)24-3-2-4-26(34-24)36-27(29(30,31)32)23(16-33-36)28(37)38/h2-10,15-16,21,40H,11-14,17H2,1H3,(H,37,38). The molecule has 1 saturated heterocycles. The first-order valence-corrected chi connectivity index (χ1v) is 13.1. The lowest BCUT2D eigenvalue weighted by Crippen LogP contribution is -2.25. The molecule has 0 unspecified atom stereocenters. The maximum atomic E-state index is 13.8. The van der Waals surface area contributed by atoms with E-state index in [0.29, 0.717) is 40.4 Å². The van der Waals surface area contributed by atoms with Gasteiger partial charge in [-0.15, -0.1) is 0 Å². The molecular weight excluding hydrogens is 541 g/mol. The predicted molar refractivity (Wildman–Crippen MR) is 147 cm³/mol. The molecule has 5 rings (SSSR count). The molecule has 2 aromatic carbocycles. The van der Waals surface area contributed by atoms with E-state index in [1.807, 2.05) is 35.5 Å². The number of carboxylic acid groups (broad SMARTS) is 1. The minimum Gasteiger partial charge on any atom is -0.488 e. The van der Waals surface area contributed by atoms with E-state index in [4.69, 9.17) is 4.74 Å². The van der Waals surface area contributed by atoms with Gasteiger partial charge in [0.05, 0.1) is 11.9 Å². The monoisotopic (exact) mass is 568 g/mol. The maximum Gasteiger partial charge on any atom is 0.434 e. The summed E-state index contributed by atoms with van der Waals surface area (Å²) in [7, 11) is 0. The summed E-state index contributed by atoms with van der Waals surface area (Å²) in [6.07, 6.45) is -2.13. The Bertz CT molecular complexity index is 1510. The van der Waals surface area contributed by atoms with E-state index in [1.54, 1.807) is 18.2 Å². The number of halogens is 3. The molecular formula is C29H27F3N4O3S. The van der Waals surface area contributed by atoms with Gasteiger partial charge in [0.15, 0.2) is 11.5 Å². The Morgan fingerprint density at radius 1 is 1.10 bits per heavy atom. The van der Waals surface area contributed by atoms with E-state index in [0.717, 1.165) is 37.1 Å². The minimum absolute atomic E-state index is 0.163. The van der Waals surface area contributed by atoms with Crippen LogP contribution in [0.3, 0.4) is 0 Å². The Balaban J connectivity index is 1.40. The molecule has 208 valence electrons. The Labute approximate surface area is 234 Å². The third-order valence-corrected chi connectivity index (χ3v) is 7.35. The molecule has 40 heavy (non-hydrogen) atoms. The van der Waals surface area contributed by atoms with Gasteiger partial charge in [0, 0.05) is 18.7 Å². The highest BCUT2D eigenvalue weighted by atomic mass is 32.1. The Hall–Kier alpha value is -3.83. The van der Waals surface area contributed by atoms with Crippen molar-refractivity contribution < 1.29 is 27.8 Å². The van der Waals surface area contributed by atoms with Gasteiger partial charge in [-0.25, -0.2) is 14.5 Å². The molecule has 0 atom stereocenters. The summed E-state index contributed by atoms with van der Waals surface area (Å²) in [6.45, 7) is 4.11. The van der Waals surface area contributed by atoms with E-state index in [2.05, 4.69) is 35.0 Å². The molecule has 0 saturated carbocycles. The lowest BCUT2D eigenvalue weighted by Gasteiger charge is -2.28. The van der Waals surface area contributed by atoms with Crippen LogP contribution in [0.2, 0.25) is 0 Å². The van der Waals surface area contributed by atoms with Crippen molar-refractivity contribution in [2.24, 2.45) is 0 Å². The highest BCUT2D eigenvalue weighted by molar-refractivity contribution is 7.77. The van der Waals surface area contributed by atoms with Crippen LogP contribution in [0.5, 0.6) is 5.75 Å². The van der Waals surface area contributed by atoms with Gasteiger partial charge in [-0.2, -0.15) is 18.3 Å². The topological polar surface area (TPSA) is 80.5 Å². The highest BCUT2D eigenvalue weighted by Crippen LogP contribution is 2.35. The fourth-order valence-corrected chi connectivity index (χ4v) is 5.09. The third kappa shape index (κ3) is 6.00. The summed E-state index contributed by atoms with van der Waals surface area (Å²) in [4.78, 5) is 15.8. The third-order valence-electron chi connectivity index (χ3n) is 6.95. The molecule has 0 spiro atoms. The number of aromatic carboxylic acids is 1. The number of aryl methyl sites for hydroxylation is 1. The first kappa shape index (κ1) is 27.7. The average Bonchev–Trinajstić information content (AvgIpc) is 3.40. The smallest absolute Gasteiger partial charge is 0.434 e. The van der Waals surface area contributed by atoms with E-state index >= 15 is 0 Å². The van der Waals surface area contributed by atoms with Gasteiger partial charge in [-0.3, -0.25) is 4.31 Å². The summed E-state index contributed by atoms with van der Waals surface area (Å²) in [5, 5.41) is 12.9. The molecule has 7 nitrogen and oxygen atoms in total. The lowest BCUT2D eigenvalue weighted by molar-refractivity contribution is -0.143. The number of alkyl halides is 3. The highest BCUT2D eigenvalue weighted by Gasteiger charge is 2.41. The van der Waals surface area contributed by atoms with Gasteiger partial charge >= 0.3 is 12.1 Å². The molecule has 1 aliphatic rings. The van der Waals surface area contributed by atoms with E-state index in [-0.39, 0.29) is 5.82 Å². The zero-order chi connectivity index (χ0) is 28.4. The summed E-state index contributed by atoms with van der Waals surface area (Å²) >= 11 is 4.42. The number of hydrogen-bond donors (Lipinski definition) is 2. The number of benzene rings is 2. The Kier molecular flexibility index (Phi) is 7.86.